The molecule has 2 aromatic carbocycles. The molecule has 0 saturated carbocycles. The molecular formula is C16H18BrNO2. The van der Waals surface area contributed by atoms with Crippen molar-refractivity contribution < 1.29 is 9.47 Å². The third kappa shape index (κ3) is 3.52. The molecule has 0 bridgehead atoms. The van der Waals surface area contributed by atoms with Gasteiger partial charge in [0, 0.05) is 6.54 Å². The standard InChI is InChI=1S/C16H18BrNO2/c1-11-8-12(10-18-2)4-6-15(11)20-16-7-5-13(19-3)9-14(16)17/h4-9,18H,10H2,1-3H3. The lowest BCUT2D eigenvalue weighted by Gasteiger charge is -2.12. The summed E-state index contributed by atoms with van der Waals surface area (Å²) in [7, 11) is 3.58. The third-order valence-corrected chi connectivity index (χ3v) is 3.60. The number of halogens is 1. The average molecular weight is 336 g/mol. The highest BCUT2D eigenvalue weighted by Crippen LogP contribution is 2.34. The maximum Gasteiger partial charge on any atom is 0.141 e. The van der Waals surface area contributed by atoms with Crippen LogP contribution in [0, 0.1) is 6.92 Å². The second-order valence-corrected chi connectivity index (χ2v) is 5.38. The van der Waals surface area contributed by atoms with Gasteiger partial charge in [0.1, 0.15) is 17.2 Å². The van der Waals surface area contributed by atoms with Crippen LogP contribution in [0.15, 0.2) is 40.9 Å². The summed E-state index contributed by atoms with van der Waals surface area (Å²) >= 11 is 3.49. The minimum absolute atomic E-state index is 0.773. The quantitative estimate of drug-likeness (QED) is 0.884. The van der Waals surface area contributed by atoms with Gasteiger partial charge >= 0.3 is 0 Å². The summed E-state index contributed by atoms with van der Waals surface area (Å²) in [6, 6.07) is 11.9. The van der Waals surface area contributed by atoms with Gasteiger partial charge in [-0.25, -0.2) is 0 Å². The van der Waals surface area contributed by atoms with Crippen LogP contribution in [0.3, 0.4) is 0 Å². The van der Waals surface area contributed by atoms with Gasteiger partial charge in [0.15, 0.2) is 0 Å². The van der Waals surface area contributed by atoms with E-state index < -0.39 is 0 Å². The molecular weight excluding hydrogens is 318 g/mol. The van der Waals surface area contributed by atoms with Crippen LogP contribution in [0.5, 0.6) is 17.2 Å². The van der Waals surface area contributed by atoms with Crippen molar-refractivity contribution >= 4 is 15.9 Å². The number of methoxy groups -OCH3 is 1. The van der Waals surface area contributed by atoms with Crippen molar-refractivity contribution in [1.82, 2.24) is 5.32 Å². The lowest BCUT2D eigenvalue weighted by molar-refractivity contribution is 0.412. The van der Waals surface area contributed by atoms with Gasteiger partial charge in [-0.15, -0.1) is 0 Å². The molecule has 0 aromatic heterocycles. The Morgan fingerprint density at radius 3 is 2.45 bits per heavy atom. The molecule has 0 spiro atoms. The lowest BCUT2D eigenvalue weighted by Crippen LogP contribution is -2.05. The lowest BCUT2D eigenvalue weighted by atomic mass is 10.1. The van der Waals surface area contributed by atoms with Crippen molar-refractivity contribution in [2.45, 2.75) is 13.5 Å². The summed E-state index contributed by atoms with van der Waals surface area (Å²) in [5, 5.41) is 3.14. The zero-order chi connectivity index (χ0) is 14.5. The fourth-order valence-electron chi connectivity index (χ4n) is 1.95. The van der Waals surface area contributed by atoms with E-state index in [-0.39, 0.29) is 0 Å². The first-order chi connectivity index (χ1) is 9.63. The van der Waals surface area contributed by atoms with Gasteiger partial charge < -0.3 is 14.8 Å². The molecule has 0 saturated heterocycles. The molecule has 3 nitrogen and oxygen atoms in total. The van der Waals surface area contributed by atoms with E-state index >= 15 is 0 Å². The Bertz CT molecular complexity index is 599. The molecule has 0 heterocycles. The summed E-state index contributed by atoms with van der Waals surface area (Å²) in [4.78, 5) is 0. The SMILES string of the molecule is CNCc1ccc(Oc2ccc(OC)cc2Br)c(C)c1. The maximum atomic E-state index is 5.95. The second-order valence-electron chi connectivity index (χ2n) is 4.53. The zero-order valence-electron chi connectivity index (χ0n) is 11.9. The topological polar surface area (TPSA) is 30.5 Å². The molecule has 106 valence electrons. The monoisotopic (exact) mass is 335 g/mol. The predicted octanol–water partition coefficient (Wildman–Crippen LogP) is 4.28. The van der Waals surface area contributed by atoms with E-state index in [0.717, 1.165) is 33.8 Å². The number of benzene rings is 2. The van der Waals surface area contributed by atoms with E-state index in [9.17, 15) is 0 Å². The van der Waals surface area contributed by atoms with Crippen molar-refractivity contribution in [2.75, 3.05) is 14.2 Å². The van der Waals surface area contributed by atoms with Gasteiger partial charge in [0.25, 0.3) is 0 Å². The van der Waals surface area contributed by atoms with E-state index in [1.54, 1.807) is 7.11 Å². The van der Waals surface area contributed by atoms with Gasteiger partial charge in [-0.05, 0) is 65.3 Å². The highest BCUT2D eigenvalue weighted by atomic mass is 79.9. The fraction of sp³-hybridized carbons (Fsp3) is 0.250. The van der Waals surface area contributed by atoms with Gasteiger partial charge in [-0.3, -0.25) is 0 Å². The van der Waals surface area contributed by atoms with Crippen molar-refractivity contribution in [3.63, 3.8) is 0 Å². The molecule has 0 amide bonds. The molecule has 2 rings (SSSR count). The number of nitrogens with one attached hydrogen (secondary N) is 1. The van der Waals surface area contributed by atoms with Gasteiger partial charge in [-0.1, -0.05) is 12.1 Å². The molecule has 2 aromatic rings. The van der Waals surface area contributed by atoms with E-state index in [2.05, 4.69) is 33.4 Å². The minimum atomic E-state index is 0.773. The van der Waals surface area contributed by atoms with Crippen molar-refractivity contribution in [1.29, 1.82) is 0 Å². The first-order valence-electron chi connectivity index (χ1n) is 6.39. The predicted molar refractivity (Wildman–Crippen MR) is 84.7 cm³/mol. The highest BCUT2D eigenvalue weighted by Gasteiger charge is 2.07. The van der Waals surface area contributed by atoms with Crippen LogP contribution in [0.4, 0.5) is 0 Å². The van der Waals surface area contributed by atoms with Crippen molar-refractivity contribution in [2.24, 2.45) is 0 Å². The van der Waals surface area contributed by atoms with Crippen molar-refractivity contribution in [3.8, 4) is 17.2 Å². The Kier molecular flexibility index (Phi) is 5.04. The van der Waals surface area contributed by atoms with E-state index in [0.29, 0.717) is 0 Å². The average Bonchev–Trinajstić information content (AvgIpc) is 2.44. The van der Waals surface area contributed by atoms with Crippen LogP contribution >= 0.6 is 15.9 Å². The number of hydrogen-bond donors (Lipinski definition) is 1. The van der Waals surface area contributed by atoms with Crippen LogP contribution < -0.4 is 14.8 Å². The summed E-state index contributed by atoms with van der Waals surface area (Å²) in [5.74, 6) is 2.43. The van der Waals surface area contributed by atoms with Crippen LogP contribution in [0.1, 0.15) is 11.1 Å². The van der Waals surface area contributed by atoms with Gasteiger partial charge in [-0.2, -0.15) is 0 Å². The molecule has 1 N–H and O–H groups in total. The molecule has 0 aliphatic rings. The molecule has 0 unspecified atom stereocenters. The molecule has 0 atom stereocenters. The number of hydrogen-bond acceptors (Lipinski definition) is 3. The molecule has 0 fully saturated rings. The first kappa shape index (κ1) is 14.9. The first-order valence-corrected chi connectivity index (χ1v) is 7.19. The van der Waals surface area contributed by atoms with Crippen LogP contribution in [0.2, 0.25) is 0 Å². The van der Waals surface area contributed by atoms with Crippen LogP contribution in [-0.2, 0) is 6.54 Å². The Hall–Kier alpha value is -1.52. The smallest absolute Gasteiger partial charge is 0.141 e. The Labute approximate surface area is 128 Å². The number of aryl methyl sites for hydroxylation is 1. The second kappa shape index (κ2) is 6.77. The van der Waals surface area contributed by atoms with Crippen molar-refractivity contribution in [3.05, 3.63) is 52.0 Å². The van der Waals surface area contributed by atoms with Gasteiger partial charge in [0.05, 0.1) is 11.6 Å². The Morgan fingerprint density at radius 2 is 1.85 bits per heavy atom. The largest absolute Gasteiger partial charge is 0.497 e. The van der Waals surface area contributed by atoms with Crippen LogP contribution in [0.25, 0.3) is 0 Å². The Morgan fingerprint density at radius 1 is 1.10 bits per heavy atom. The molecule has 0 aliphatic carbocycles. The van der Waals surface area contributed by atoms with Gasteiger partial charge in [0.2, 0.25) is 0 Å². The molecule has 20 heavy (non-hydrogen) atoms. The zero-order valence-corrected chi connectivity index (χ0v) is 13.5. The summed E-state index contributed by atoms with van der Waals surface area (Å²) in [6.07, 6.45) is 0. The summed E-state index contributed by atoms with van der Waals surface area (Å²) in [6.45, 7) is 2.90. The van der Waals surface area contributed by atoms with E-state index in [1.165, 1.54) is 5.56 Å². The fourth-order valence-corrected chi connectivity index (χ4v) is 2.39. The normalized spacial score (nSPS) is 10.4. The summed E-state index contributed by atoms with van der Waals surface area (Å²) in [5.41, 5.74) is 2.35. The molecule has 0 radical (unpaired) electrons. The highest BCUT2D eigenvalue weighted by molar-refractivity contribution is 9.10. The van der Waals surface area contributed by atoms with E-state index in [1.807, 2.05) is 38.2 Å². The minimum Gasteiger partial charge on any atom is -0.497 e. The third-order valence-electron chi connectivity index (χ3n) is 2.98. The summed E-state index contributed by atoms with van der Waals surface area (Å²) < 4.78 is 12.0. The number of rotatable bonds is 5. The molecule has 4 heteroatoms. The van der Waals surface area contributed by atoms with Crippen LogP contribution in [-0.4, -0.2) is 14.2 Å². The maximum absolute atomic E-state index is 5.95. The Balaban J connectivity index is 2.21. The molecule has 0 aliphatic heterocycles. The number of ether oxygens (including phenoxy) is 2. The van der Waals surface area contributed by atoms with E-state index in [4.69, 9.17) is 9.47 Å².